The average Bonchev–Trinajstić information content (AvgIpc) is 3.31. The molecule has 1 aliphatic rings. The number of benzene rings is 4. The minimum absolute atomic E-state index is 0.326. The van der Waals surface area contributed by atoms with Crippen LogP contribution in [-0.2, 0) is 43.5 Å². The summed E-state index contributed by atoms with van der Waals surface area (Å²) in [5, 5.41) is 3.26. The molecule has 1 heterocycles. The fourth-order valence-electron chi connectivity index (χ4n) is 4.75. The third-order valence-corrected chi connectivity index (χ3v) is 7.32. The highest BCUT2D eigenvalue weighted by molar-refractivity contribution is 9.09. The van der Waals surface area contributed by atoms with Gasteiger partial charge in [-0.15, -0.1) is 0 Å². The van der Waals surface area contributed by atoms with Gasteiger partial charge < -0.3 is 23.7 Å². The molecule has 4 aromatic carbocycles. The summed E-state index contributed by atoms with van der Waals surface area (Å²) in [5.41, 5.74) is 3.31. The van der Waals surface area contributed by atoms with Crippen LogP contribution in [0.1, 0.15) is 23.1 Å². The van der Waals surface area contributed by atoms with Gasteiger partial charge in [-0.25, -0.2) is 0 Å². The average molecular weight is 592 g/mol. The van der Waals surface area contributed by atoms with Crippen molar-refractivity contribution in [2.24, 2.45) is 0 Å². The monoisotopic (exact) mass is 590 g/mol. The Morgan fingerprint density at radius 1 is 0.615 bits per heavy atom. The van der Waals surface area contributed by atoms with E-state index < -0.39 is 12.4 Å². The van der Waals surface area contributed by atoms with E-state index in [1.807, 2.05) is 36.4 Å². The van der Waals surface area contributed by atoms with Crippen molar-refractivity contribution in [1.82, 2.24) is 0 Å². The van der Waals surface area contributed by atoms with E-state index in [1.54, 1.807) is 0 Å². The van der Waals surface area contributed by atoms with Crippen LogP contribution in [0.15, 0.2) is 103 Å². The minimum Gasteiger partial charge on any atom is -0.374 e. The molecule has 5 nitrogen and oxygen atoms in total. The maximum atomic E-state index is 6.53. The summed E-state index contributed by atoms with van der Waals surface area (Å²) >= 11 is 3.49. The first kappa shape index (κ1) is 28.0. The fraction of sp³-hybridized carbons (Fsp3) is 0.333. The Hall–Kier alpha value is -2.58. The Morgan fingerprint density at radius 2 is 1.26 bits per heavy atom. The number of alkyl halides is 1. The van der Waals surface area contributed by atoms with Gasteiger partial charge in [0.2, 0.25) is 0 Å². The highest BCUT2D eigenvalue weighted by atomic mass is 79.9. The summed E-state index contributed by atoms with van der Waals surface area (Å²) in [6, 6.07) is 35.1. The molecular formula is C33H35BrO5. The van der Waals surface area contributed by atoms with Gasteiger partial charge >= 0.3 is 0 Å². The number of hydrogen-bond donors (Lipinski definition) is 0. The molecule has 0 aromatic heterocycles. The lowest BCUT2D eigenvalue weighted by Gasteiger charge is -2.25. The second-order valence-electron chi connectivity index (χ2n) is 9.68. The lowest BCUT2D eigenvalue weighted by atomic mass is 10.1. The van der Waals surface area contributed by atoms with E-state index in [-0.39, 0.29) is 12.2 Å². The number of halogens is 1. The second kappa shape index (κ2) is 14.7. The maximum absolute atomic E-state index is 6.53. The van der Waals surface area contributed by atoms with Gasteiger partial charge in [-0.05, 0) is 39.9 Å². The van der Waals surface area contributed by atoms with Crippen LogP contribution >= 0.6 is 15.9 Å². The largest absolute Gasteiger partial charge is 0.374 e. The first-order chi connectivity index (χ1) is 19.3. The molecule has 1 fully saturated rings. The van der Waals surface area contributed by atoms with Crippen LogP contribution in [0.2, 0.25) is 0 Å². The number of ether oxygens (including phenoxy) is 5. The molecular weight excluding hydrogens is 556 g/mol. The summed E-state index contributed by atoms with van der Waals surface area (Å²) in [4.78, 5) is 0. The predicted molar refractivity (Wildman–Crippen MR) is 157 cm³/mol. The van der Waals surface area contributed by atoms with Gasteiger partial charge in [0.25, 0.3) is 0 Å². The smallest absolute Gasteiger partial charge is 0.186 e. The molecule has 1 saturated heterocycles. The van der Waals surface area contributed by atoms with Crippen molar-refractivity contribution in [3.05, 3.63) is 120 Å². The summed E-state index contributed by atoms with van der Waals surface area (Å²) in [7, 11) is 0. The van der Waals surface area contributed by atoms with E-state index in [9.17, 15) is 0 Å². The quantitative estimate of drug-likeness (QED) is 0.116. The van der Waals surface area contributed by atoms with Crippen molar-refractivity contribution in [3.8, 4) is 0 Å². The number of fused-ring (bicyclic) bond motifs is 1. The Morgan fingerprint density at radius 3 is 2.00 bits per heavy atom. The van der Waals surface area contributed by atoms with E-state index in [0.717, 1.165) is 28.4 Å². The van der Waals surface area contributed by atoms with Crippen LogP contribution in [0.25, 0.3) is 10.8 Å². The zero-order valence-electron chi connectivity index (χ0n) is 22.0. The molecule has 0 radical (unpaired) electrons. The summed E-state index contributed by atoms with van der Waals surface area (Å²) < 4.78 is 31.7. The third-order valence-electron chi connectivity index (χ3n) is 6.76. The van der Waals surface area contributed by atoms with Crippen LogP contribution in [0.5, 0.6) is 0 Å². The van der Waals surface area contributed by atoms with Gasteiger partial charge in [-0.1, -0.05) is 113 Å². The molecule has 5 rings (SSSR count). The molecule has 4 atom stereocenters. The Labute approximate surface area is 239 Å². The van der Waals surface area contributed by atoms with Crippen molar-refractivity contribution >= 4 is 26.7 Å². The molecule has 39 heavy (non-hydrogen) atoms. The van der Waals surface area contributed by atoms with Crippen LogP contribution in [0.4, 0.5) is 0 Å². The Bertz CT molecular complexity index is 1270. The van der Waals surface area contributed by atoms with E-state index in [2.05, 4.69) is 82.7 Å². The Balaban J connectivity index is 1.31. The highest BCUT2D eigenvalue weighted by Gasteiger charge is 2.47. The molecule has 204 valence electrons. The summed E-state index contributed by atoms with van der Waals surface area (Å²) in [5.74, 6) is 0. The van der Waals surface area contributed by atoms with Gasteiger partial charge in [-0.2, -0.15) is 0 Å². The lowest BCUT2D eigenvalue weighted by Crippen LogP contribution is -2.39. The molecule has 0 amide bonds. The normalized spacial score (nSPS) is 20.9. The standard InChI is InChI=1S/C33H35BrO5/c34-18-9-19-36-33-32(38-23-27-16-17-28-14-7-8-15-29(28)20-27)31(37-22-26-12-5-2-6-13-26)30(39-33)24-35-21-25-10-3-1-4-11-25/h1-8,10-17,20,30-33H,9,18-19,21-24H2/t30-,31-,32+,33+/m0/s1. The van der Waals surface area contributed by atoms with Gasteiger partial charge in [0.05, 0.1) is 33.0 Å². The van der Waals surface area contributed by atoms with E-state index in [1.165, 1.54) is 10.8 Å². The molecule has 0 spiro atoms. The SMILES string of the molecule is BrCCCO[C@@H]1O[C@@H](COCc2ccccc2)[C@H](OCc2ccccc2)[C@H]1OCc1ccc2ccccc2c1. The van der Waals surface area contributed by atoms with Gasteiger partial charge in [0.1, 0.15) is 18.3 Å². The molecule has 0 saturated carbocycles. The van der Waals surface area contributed by atoms with E-state index >= 15 is 0 Å². The van der Waals surface area contributed by atoms with Crippen molar-refractivity contribution in [2.45, 2.75) is 50.8 Å². The van der Waals surface area contributed by atoms with Crippen LogP contribution < -0.4 is 0 Å². The van der Waals surface area contributed by atoms with Crippen LogP contribution in [0.3, 0.4) is 0 Å². The number of rotatable bonds is 14. The van der Waals surface area contributed by atoms with E-state index in [0.29, 0.717) is 33.0 Å². The summed E-state index contributed by atoms with van der Waals surface area (Å²) in [6.45, 7) is 2.33. The minimum atomic E-state index is -0.546. The van der Waals surface area contributed by atoms with Gasteiger partial charge in [-0.3, -0.25) is 0 Å². The summed E-state index contributed by atoms with van der Waals surface area (Å²) in [6.07, 6.45) is -0.748. The highest BCUT2D eigenvalue weighted by Crippen LogP contribution is 2.30. The molecule has 0 unspecified atom stereocenters. The van der Waals surface area contributed by atoms with Crippen molar-refractivity contribution < 1.29 is 23.7 Å². The number of hydrogen-bond acceptors (Lipinski definition) is 5. The first-order valence-electron chi connectivity index (χ1n) is 13.5. The van der Waals surface area contributed by atoms with Crippen molar-refractivity contribution in [2.75, 3.05) is 18.5 Å². The Kier molecular flexibility index (Phi) is 10.5. The first-order valence-corrected chi connectivity index (χ1v) is 14.6. The van der Waals surface area contributed by atoms with Crippen molar-refractivity contribution in [3.63, 3.8) is 0 Å². The lowest BCUT2D eigenvalue weighted by molar-refractivity contribution is -0.184. The second-order valence-corrected chi connectivity index (χ2v) is 10.5. The molecule has 0 aliphatic carbocycles. The molecule has 4 aromatic rings. The molecule has 6 heteroatoms. The molecule has 0 N–H and O–H groups in total. The molecule has 0 bridgehead atoms. The third kappa shape index (κ3) is 7.98. The van der Waals surface area contributed by atoms with Gasteiger partial charge in [0, 0.05) is 5.33 Å². The van der Waals surface area contributed by atoms with E-state index in [4.69, 9.17) is 23.7 Å². The maximum Gasteiger partial charge on any atom is 0.186 e. The fourth-order valence-corrected chi connectivity index (χ4v) is 4.98. The predicted octanol–water partition coefficient (Wildman–Crippen LogP) is 7.05. The zero-order chi connectivity index (χ0) is 26.7. The zero-order valence-corrected chi connectivity index (χ0v) is 23.6. The molecule has 1 aliphatic heterocycles. The van der Waals surface area contributed by atoms with Crippen molar-refractivity contribution in [1.29, 1.82) is 0 Å². The van der Waals surface area contributed by atoms with Gasteiger partial charge in [0.15, 0.2) is 6.29 Å². The van der Waals surface area contributed by atoms with Crippen LogP contribution in [-0.4, -0.2) is 43.1 Å². The van der Waals surface area contributed by atoms with Crippen LogP contribution in [0, 0.1) is 0 Å². The topological polar surface area (TPSA) is 46.2 Å².